The standard InChI is InChI=1S/C16H25NO3S/c1-13(17-12-16(8-9-16)10-11-20-2)14-4-6-15(7-5-14)21(3,18)19/h4-7,13,17H,8-12H2,1-3H3. The lowest BCUT2D eigenvalue weighted by atomic mass is 10.0. The highest BCUT2D eigenvalue weighted by molar-refractivity contribution is 7.90. The van der Waals surface area contributed by atoms with Gasteiger partial charge in [-0.05, 0) is 49.3 Å². The number of ether oxygens (including phenoxy) is 1. The summed E-state index contributed by atoms with van der Waals surface area (Å²) >= 11 is 0. The zero-order chi connectivity index (χ0) is 15.5. The molecule has 0 saturated heterocycles. The third-order valence-corrected chi connectivity index (χ3v) is 5.51. The summed E-state index contributed by atoms with van der Waals surface area (Å²) in [7, 11) is -1.37. The van der Waals surface area contributed by atoms with Crippen LogP contribution in [0.3, 0.4) is 0 Å². The number of sulfone groups is 1. The Morgan fingerprint density at radius 2 is 1.90 bits per heavy atom. The lowest BCUT2D eigenvalue weighted by molar-refractivity contribution is 0.170. The highest BCUT2D eigenvalue weighted by Gasteiger charge is 2.41. The lowest BCUT2D eigenvalue weighted by Gasteiger charge is -2.20. The Bertz CT molecular complexity index is 562. The molecule has 0 aliphatic heterocycles. The predicted octanol–water partition coefficient (Wildman–Crippen LogP) is 2.56. The van der Waals surface area contributed by atoms with E-state index in [1.165, 1.54) is 19.1 Å². The second-order valence-electron chi connectivity index (χ2n) is 6.19. The summed E-state index contributed by atoms with van der Waals surface area (Å²) in [5.41, 5.74) is 1.53. The van der Waals surface area contributed by atoms with Gasteiger partial charge in [0.2, 0.25) is 0 Å². The highest BCUT2D eigenvalue weighted by atomic mass is 32.2. The Morgan fingerprint density at radius 3 is 2.38 bits per heavy atom. The zero-order valence-corrected chi connectivity index (χ0v) is 13.9. The van der Waals surface area contributed by atoms with Crippen LogP contribution in [0.4, 0.5) is 0 Å². The van der Waals surface area contributed by atoms with Crippen molar-refractivity contribution in [1.82, 2.24) is 5.32 Å². The largest absolute Gasteiger partial charge is 0.385 e. The highest BCUT2D eigenvalue weighted by Crippen LogP contribution is 2.48. The molecule has 1 unspecified atom stereocenters. The van der Waals surface area contributed by atoms with Crippen LogP contribution in [0, 0.1) is 5.41 Å². The molecule has 1 aliphatic rings. The lowest BCUT2D eigenvalue weighted by Crippen LogP contribution is -2.27. The molecule has 1 aromatic rings. The van der Waals surface area contributed by atoms with Crippen LogP contribution in [0.1, 0.15) is 37.8 Å². The van der Waals surface area contributed by atoms with Gasteiger partial charge in [-0.3, -0.25) is 0 Å². The van der Waals surface area contributed by atoms with E-state index in [-0.39, 0.29) is 6.04 Å². The maximum Gasteiger partial charge on any atom is 0.175 e. The Balaban J connectivity index is 1.90. The number of rotatable bonds is 8. The first-order chi connectivity index (χ1) is 9.86. The quantitative estimate of drug-likeness (QED) is 0.801. The maximum absolute atomic E-state index is 11.5. The Kier molecular flexibility index (Phi) is 5.07. The summed E-state index contributed by atoms with van der Waals surface area (Å²) in [4.78, 5) is 0.372. The van der Waals surface area contributed by atoms with E-state index in [1.807, 2.05) is 12.1 Å². The predicted molar refractivity (Wildman–Crippen MR) is 84.1 cm³/mol. The normalized spacial score (nSPS) is 18.4. The van der Waals surface area contributed by atoms with E-state index in [0.717, 1.165) is 25.1 Å². The van der Waals surface area contributed by atoms with Crippen molar-refractivity contribution >= 4 is 9.84 Å². The molecular weight excluding hydrogens is 286 g/mol. The van der Waals surface area contributed by atoms with Gasteiger partial charge in [-0.15, -0.1) is 0 Å². The molecule has 1 aromatic carbocycles. The van der Waals surface area contributed by atoms with Crippen molar-refractivity contribution in [3.63, 3.8) is 0 Å². The van der Waals surface area contributed by atoms with E-state index in [4.69, 9.17) is 4.74 Å². The van der Waals surface area contributed by atoms with E-state index in [9.17, 15) is 8.42 Å². The van der Waals surface area contributed by atoms with Gasteiger partial charge in [-0.25, -0.2) is 8.42 Å². The van der Waals surface area contributed by atoms with Crippen LogP contribution in [0.5, 0.6) is 0 Å². The fourth-order valence-corrected chi connectivity index (χ4v) is 3.13. The van der Waals surface area contributed by atoms with Crippen molar-refractivity contribution in [2.24, 2.45) is 5.41 Å². The molecule has 118 valence electrons. The minimum Gasteiger partial charge on any atom is -0.385 e. The summed E-state index contributed by atoms with van der Waals surface area (Å²) in [6, 6.07) is 7.37. The molecule has 1 fully saturated rings. The summed E-state index contributed by atoms with van der Waals surface area (Å²) in [6.07, 6.45) is 4.87. The van der Waals surface area contributed by atoms with Crippen LogP contribution in [-0.2, 0) is 14.6 Å². The van der Waals surface area contributed by atoms with E-state index in [1.54, 1.807) is 19.2 Å². The summed E-state index contributed by atoms with van der Waals surface area (Å²) in [6.45, 7) is 3.92. The Labute approximate surface area is 127 Å². The van der Waals surface area contributed by atoms with Gasteiger partial charge in [0.25, 0.3) is 0 Å². The smallest absolute Gasteiger partial charge is 0.175 e. The van der Waals surface area contributed by atoms with Crippen molar-refractivity contribution in [2.45, 2.75) is 37.1 Å². The minimum absolute atomic E-state index is 0.221. The third kappa shape index (κ3) is 4.53. The number of hydrogen-bond donors (Lipinski definition) is 1. The van der Waals surface area contributed by atoms with E-state index < -0.39 is 9.84 Å². The van der Waals surface area contributed by atoms with Crippen LogP contribution in [-0.4, -0.2) is 34.9 Å². The van der Waals surface area contributed by atoms with Crippen LogP contribution in [0.15, 0.2) is 29.2 Å². The first kappa shape index (κ1) is 16.5. The molecule has 21 heavy (non-hydrogen) atoms. The number of methoxy groups -OCH3 is 1. The van der Waals surface area contributed by atoms with E-state index in [2.05, 4.69) is 12.2 Å². The van der Waals surface area contributed by atoms with Gasteiger partial charge < -0.3 is 10.1 Å². The monoisotopic (exact) mass is 311 g/mol. The van der Waals surface area contributed by atoms with E-state index >= 15 is 0 Å². The Morgan fingerprint density at radius 1 is 1.29 bits per heavy atom. The molecule has 0 spiro atoms. The average Bonchev–Trinajstić information content (AvgIpc) is 3.22. The molecule has 2 rings (SSSR count). The van der Waals surface area contributed by atoms with Crippen LogP contribution in [0.2, 0.25) is 0 Å². The molecule has 0 heterocycles. The molecule has 0 bridgehead atoms. The van der Waals surface area contributed by atoms with Crippen molar-refractivity contribution in [1.29, 1.82) is 0 Å². The molecule has 0 radical (unpaired) electrons. The van der Waals surface area contributed by atoms with Crippen LogP contribution in [0.25, 0.3) is 0 Å². The Hall–Kier alpha value is -0.910. The second-order valence-corrected chi connectivity index (χ2v) is 8.20. The fourth-order valence-electron chi connectivity index (χ4n) is 2.50. The van der Waals surface area contributed by atoms with Crippen molar-refractivity contribution in [2.75, 3.05) is 26.5 Å². The summed E-state index contributed by atoms with van der Waals surface area (Å²) < 4.78 is 28.1. The molecule has 4 nitrogen and oxygen atoms in total. The van der Waals surface area contributed by atoms with Crippen molar-refractivity contribution in [3.05, 3.63) is 29.8 Å². The van der Waals surface area contributed by atoms with Gasteiger partial charge in [0, 0.05) is 32.6 Å². The molecule has 1 aliphatic carbocycles. The molecular formula is C16H25NO3S. The number of benzene rings is 1. The average molecular weight is 311 g/mol. The first-order valence-electron chi connectivity index (χ1n) is 7.39. The van der Waals surface area contributed by atoms with Gasteiger partial charge >= 0.3 is 0 Å². The van der Waals surface area contributed by atoms with Gasteiger partial charge in [-0.2, -0.15) is 0 Å². The van der Waals surface area contributed by atoms with Gasteiger partial charge in [0.1, 0.15) is 0 Å². The van der Waals surface area contributed by atoms with Gasteiger partial charge in [-0.1, -0.05) is 12.1 Å². The molecule has 1 saturated carbocycles. The maximum atomic E-state index is 11.5. The van der Waals surface area contributed by atoms with Gasteiger partial charge in [0.05, 0.1) is 4.90 Å². The van der Waals surface area contributed by atoms with Crippen LogP contribution < -0.4 is 5.32 Å². The number of hydrogen-bond acceptors (Lipinski definition) is 4. The second kappa shape index (κ2) is 6.46. The fraction of sp³-hybridized carbons (Fsp3) is 0.625. The van der Waals surface area contributed by atoms with Crippen LogP contribution >= 0.6 is 0 Å². The number of nitrogens with one attached hydrogen (secondary N) is 1. The summed E-state index contributed by atoms with van der Waals surface area (Å²) in [5.74, 6) is 0. The molecule has 0 amide bonds. The molecule has 1 atom stereocenters. The minimum atomic E-state index is -3.12. The SMILES string of the molecule is COCCC1(CNC(C)c2ccc(S(C)(=O)=O)cc2)CC1. The first-order valence-corrected chi connectivity index (χ1v) is 9.28. The topological polar surface area (TPSA) is 55.4 Å². The van der Waals surface area contributed by atoms with E-state index in [0.29, 0.717) is 10.3 Å². The van der Waals surface area contributed by atoms with Crippen molar-refractivity contribution < 1.29 is 13.2 Å². The molecule has 5 heteroatoms. The third-order valence-electron chi connectivity index (χ3n) is 4.39. The summed E-state index contributed by atoms with van der Waals surface area (Å²) in [5, 5.41) is 3.56. The zero-order valence-electron chi connectivity index (χ0n) is 13.1. The molecule has 1 N–H and O–H groups in total. The van der Waals surface area contributed by atoms with Crippen molar-refractivity contribution in [3.8, 4) is 0 Å². The van der Waals surface area contributed by atoms with Gasteiger partial charge in [0.15, 0.2) is 9.84 Å². The molecule has 0 aromatic heterocycles.